The van der Waals surface area contributed by atoms with E-state index in [1.807, 2.05) is 11.7 Å². The van der Waals surface area contributed by atoms with Crippen molar-refractivity contribution in [2.75, 3.05) is 5.73 Å². The lowest BCUT2D eigenvalue weighted by molar-refractivity contribution is -0.00457. The van der Waals surface area contributed by atoms with Crippen LogP contribution >= 0.6 is 0 Å². The van der Waals surface area contributed by atoms with E-state index in [1.54, 1.807) is 0 Å². The number of nitrogen functional groups attached to an aromatic ring is 1. The lowest BCUT2D eigenvalue weighted by Crippen LogP contribution is -2.44. The first-order valence-corrected chi connectivity index (χ1v) is 8.48. The molecule has 2 N–H and O–H groups in total. The van der Waals surface area contributed by atoms with Gasteiger partial charge in [-0.1, -0.05) is 13.3 Å². The molecule has 4 saturated carbocycles. The monoisotopic (exact) mass is 273 g/mol. The molecule has 1 aromatic heterocycles. The normalized spacial score (nSPS) is 38.6. The van der Waals surface area contributed by atoms with Gasteiger partial charge in [0.25, 0.3) is 0 Å². The topological polar surface area (TPSA) is 43.8 Å². The Morgan fingerprint density at radius 3 is 2.25 bits per heavy atom. The summed E-state index contributed by atoms with van der Waals surface area (Å²) in [6.45, 7) is 2.24. The molecule has 0 radical (unpaired) electrons. The van der Waals surface area contributed by atoms with Crippen LogP contribution in [0.1, 0.15) is 62.6 Å². The quantitative estimate of drug-likeness (QED) is 0.916. The maximum atomic E-state index is 6.28. The van der Waals surface area contributed by atoms with Gasteiger partial charge >= 0.3 is 0 Å². The van der Waals surface area contributed by atoms with Crippen LogP contribution in [-0.4, -0.2) is 9.78 Å². The summed E-state index contributed by atoms with van der Waals surface area (Å²) in [5.74, 6) is 5.49. The number of hydrogen-bond acceptors (Lipinski definition) is 2. The third-order valence-electron chi connectivity index (χ3n) is 6.27. The Balaban J connectivity index is 1.72. The molecule has 4 aliphatic rings. The molecule has 1 heterocycles. The fourth-order valence-corrected chi connectivity index (χ4v) is 5.75. The highest BCUT2D eigenvalue weighted by Gasteiger charge is 2.50. The number of nitrogens with zero attached hydrogens (tertiary/aromatic N) is 2. The molecule has 3 nitrogen and oxygen atoms in total. The molecule has 1 aromatic rings. The van der Waals surface area contributed by atoms with Crippen molar-refractivity contribution in [3.05, 3.63) is 11.3 Å². The highest BCUT2D eigenvalue weighted by Crippen LogP contribution is 2.60. The Morgan fingerprint density at radius 2 is 1.70 bits per heavy atom. The van der Waals surface area contributed by atoms with Gasteiger partial charge in [0.05, 0.1) is 5.69 Å². The SMILES string of the molecule is CCCc1c(C2C3CC4CC(C3)CC2C4)nn(C)c1N. The molecule has 0 unspecified atom stereocenters. The van der Waals surface area contributed by atoms with Crippen molar-refractivity contribution in [1.82, 2.24) is 9.78 Å². The van der Waals surface area contributed by atoms with Gasteiger partial charge in [0.1, 0.15) is 5.82 Å². The molecule has 5 rings (SSSR count). The van der Waals surface area contributed by atoms with Crippen molar-refractivity contribution >= 4 is 5.82 Å². The van der Waals surface area contributed by atoms with Crippen LogP contribution in [0.15, 0.2) is 0 Å². The van der Waals surface area contributed by atoms with Gasteiger partial charge in [0, 0.05) is 18.5 Å². The molecular weight excluding hydrogens is 246 g/mol. The van der Waals surface area contributed by atoms with Gasteiger partial charge < -0.3 is 5.73 Å². The van der Waals surface area contributed by atoms with Crippen molar-refractivity contribution in [3.8, 4) is 0 Å². The Hall–Kier alpha value is -0.990. The van der Waals surface area contributed by atoms with Gasteiger partial charge in [0.15, 0.2) is 0 Å². The maximum Gasteiger partial charge on any atom is 0.124 e. The molecule has 0 saturated heterocycles. The van der Waals surface area contributed by atoms with Gasteiger partial charge in [-0.25, -0.2) is 0 Å². The van der Waals surface area contributed by atoms with Crippen molar-refractivity contribution in [1.29, 1.82) is 0 Å². The maximum absolute atomic E-state index is 6.28. The smallest absolute Gasteiger partial charge is 0.124 e. The largest absolute Gasteiger partial charge is 0.384 e. The molecule has 0 atom stereocenters. The number of aryl methyl sites for hydroxylation is 1. The first-order valence-electron chi connectivity index (χ1n) is 8.48. The van der Waals surface area contributed by atoms with Crippen molar-refractivity contribution < 1.29 is 0 Å². The fraction of sp³-hybridized carbons (Fsp3) is 0.824. The summed E-state index contributed by atoms with van der Waals surface area (Å²) < 4.78 is 1.92. The van der Waals surface area contributed by atoms with E-state index in [0.717, 1.165) is 42.3 Å². The molecular formula is C17H27N3. The number of aromatic nitrogens is 2. The Morgan fingerprint density at radius 1 is 1.10 bits per heavy atom. The highest BCUT2D eigenvalue weighted by atomic mass is 15.3. The lowest BCUT2D eigenvalue weighted by atomic mass is 9.51. The minimum absolute atomic E-state index is 0.716. The third kappa shape index (κ3) is 1.74. The van der Waals surface area contributed by atoms with Crippen LogP contribution in [0.25, 0.3) is 0 Å². The summed E-state index contributed by atoms with van der Waals surface area (Å²) >= 11 is 0. The molecule has 3 heteroatoms. The van der Waals surface area contributed by atoms with E-state index in [0.29, 0.717) is 5.92 Å². The average molecular weight is 273 g/mol. The highest BCUT2D eigenvalue weighted by molar-refractivity contribution is 5.45. The minimum atomic E-state index is 0.716. The van der Waals surface area contributed by atoms with Gasteiger partial charge in [-0.15, -0.1) is 0 Å². The molecule has 110 valence electrons. The summed E-state index contributed by atoms with van der Waals surface area (Å²) in [4.78, 5) is 0. The van der Waals surface area contributed by atoms with Crippen LogP contribution in [0.3, 0.4) is 0 Å². The second-order valence-electron chi connectivity index (χ2n) is 7.58. The molecule has 0 aliphatic heterocycles. The molecule has 4 fully saturated rings. The average Bonchev–Trinajstić information content (AvgIpc) is 2.66. The van der Waals surface area contributed by atoms with Crippen LogP contribution in [-0.2, 0) is 13.5 Å². The standard InChI is InChI=1S/C17H27N3/c1-3-4-14-16(19-20(2)17(14)18)15-12-6-10-5-11(8-12)9-13(15)7-10/h10-13,15H,3-9,18H2,1-2H3. The van der Waals surface area contributed by atoms with E-state index in [2.05, 4.69) is 6.92 Å². The lowest BCUT2D eigenvalue weighted by Gasteiger charge is -2.54. The number of nitrogens with two attached hydrogens (primary N) is 1. The molecule has 20 heavy (non-hydrogen) atoms. The first-order chi connectivity index (χ1) is 9.67. The predicted octanol–water partition coefficient (Wildman–Crippen LogP) is 3.49. The van der Waals surface area contributed by atoms with Crippen LogP contribution in [0.5, 0.6) is 0 Å². The number of rotatable bonds is 3. The van der Waals surface area contributed by atoms with Crippen molar-refractivity contribution in [2.24, 2.45) is 30.7 Å². The summed E-state index contributed by atoms with van der Waals surface area (Å²) in [6.07, 6.45) is 9.61. The van der Waals surface area contributed by atoms with Crippen LogP contribution in [0.4, 0.5) is 5.82 Å². The first kappa shape index (κ1) is 12.7. The number of anilines is 1. The zero-order valence-corrected chi connectivity index (χ0v) is 12.8. The van der Waals surface area contributed by atoms with E-state index in [-0.39, 0.29) is 0 Å². The molecule has 0 spiro atoms. The zero-order valence-electron chi connectivity index (χ0n) is 12.8. The van der Waals surface area contributed by atoms with Gasteiger partial charge in [-0.2, -0.15) is 5.10 Å². The molecule has 0 amide bonds. The second kappa shape index (κ2) is 4.51. The fourth-order valence-electron chi connectivity index (χ4n) is 5.75. The Kier molecular flexibility index (Phi) is 2.87. The van der Waals surface area contributed by atoms with E-state index >= 15 is 0 Å². The Bertz CT molecular complexity index is 489. The van der Waals surface area contributed by atoms with E-state index < -0.39 is 0 Å². The van der Waals surface area contributed by atoms with Crippen molar-refractivity contribution in [3.63, 3.8) is 0 Å². The second-order valence-corrected chi connectivity index (χ2v) is 7.58. The number of hydrogen-bond donors (Lipinski definition) is 1. The van der Waals surface area contributed by atoms with E-state index in [4.69, 9.17) is 10.8 Å². The van der Waals surface area contributed by atoms with E-state index in [1.165, 1.54) is 43.4 Å². The predicted molar refractivity (Wildman–Crippen MR) is 81.4 cm³/mol. The zero-order chi connectivity index (χ0) is 13.9. The van der Waals surface area contributed by atoms with E-state index in [9.17, 15) is 0 Å². The van der Waals surface area contributed by atoms with Crippen LogP contribution in [0.2, 0.25) is 0 Å². The van der Waals surface area contributed by atoms with Crippen LogP contribution in [0, 0.1) is 23.7 Å². The summed E-state index contributed by atoms with van der Waals surface area (Å²) in [6, 6.07) is 0. The summed E-state index contributed by atoms with van der Waals surface area (Å²) in [5.41, 5.74) is 9.03. The molecule has 4 bridgehead atoms. The summed E-state index contributed by atoms with van der Waals surface area (Å²) in [5, 5.41) is 4.87. The van der Waals surface area contributed by atoms with Gasteiger partial charge in [-0.05, 0) is 62.2 Å². The van der Waals surface area contributed by atoms with Gasteiger partial charge in [-0.3, -0.25) is 4.68 Å². The molecule has 4 aliphatic carbocycles. The minimum Gasteiger partial charge on any atom is -0.384 e. The van der Waals surface area contributed by atoms with Crippen molar-refractivity contribution in [2.45, 2.75) is 57.8 Å². The Labute approximate surface area is 121 Å². The van der Waals surface area contributed by atoms with Gasteiger partial charge in [0.2, 0.25) is 0 Å². The van der Waals surface area contributed by atoms with Crippen LogP contribution < -0.4 is 5.73 Å². The molecule has 0 aromatic carbocycles. The summed E-state index contributed by atoms with van der Waals surface area (Å²) in [7, 11) is 2.01. The third-order valence-corrected chi connectivity index (χ3v) is 6.27.